The molecule has 4 nitrogen and oxygen atoms in total. The molecule has 4 aromatic rings. The lowest BCUT2D eigenvalue weighted by molar-refractivity contribution is -0.119. The summed E-state index contributed by atoms with van der Waals surface area (Å²) in [6.07, 6.45) is 1.69. The van der Waals surface area contributed by atoms with Crippen LogP contribution in [0.1, 0.15) is 91.9 Å². The van der Waals surface area contributed by atoms with E-state index in [2.05, 4.69) is 18.2 Å². The van der Waals surface area contributed by atoms with E-state index < -0.39 is 6.10 Å². The molecule has 0 saturated carbocycles. The van der Waals surface area contributed by atoms with Crippen LogP contribution in [0.25, 0.3) is 0 Å². The van der Waals surface area contributed by atoms with Crippen molar-refractivity contribution in [3.63, 3.8) is 0 Å². The molecule has 0 saturated heterocycles. The minimum atomic E-state index is -0.392. The predicted octanol–water partition coefficient (Wildman–Crippen LogP) is 6.17. The van der Waals surface area contributed by atoms with Crippen LogP contribution >= 0.6 is 0 Å². The summed E-state index contributed by atoms with van der Waals surface area (Å²) in [6, 6.07) is 32.2. The number of hydrogen-bond acceptors (Lipinski definition) is 4. The van der Waals surface area contributed by atoms with Gasteiger partial charge in [-0.2, -0.15) is 0 Å². The van der Waals surface area contributed by atoms with Gasteiger partial charge in [0.25, 0.3) is 0 Å². The molecule has 0 heterocycles. The number of hydrogen-bond donors (Lipinski definition) is 2. The van der Waals surface area contributed by atoms with Crippen LogP contribution < -0.4 is 0 Å². The van der Waals surface area contributed by atoms with Gasteiger partial charge in [-0.25, -0.2) is 0 Å². The highest BCUT2D eigenvalue weighted by molar-refractivity contribution is 6.03. The first-order chi connectivity index (χ1) is 19.5. The predicted molar refractivity (Wildman–Crippen MR) is 154 cm³/mol. The van der Waals surface area contributed by atoms with E-state index in [0.717, 1.165) is 40.7 Å². The molecule has 0 fully saturated rings. The Labute approximate surface area is 234 Å². The van der Waals surface area contributed by atoms with Gasteiger partial charge in [-0.1, -0.05) is 97.1 Å². The summed E-state index contributed by atoms with van der Waals surface area (Å²) in [5.74, 6) is 0.640. The molecule has 6 atom stereocenters. The zero-order valence-electron chi connectivity index (χ0n) is 22.2. The van der Waals surface area contributed by atoms with E-state index >= 15 is 0 Å². The minimum absolute atomic E-state index is 0.0230. The van der Waals surface area contributed by atoms with Gasteiger partial charge >= 0.3 is 0 Å². The third-order valence-electron chi connectivity index (χ3n) is 9.49. The third-order valence-corrected chi connectivity index (χ3v) is 9.49. The summed E-state index contributed by atoms with van der Waals surface area (Å²) in [5.41, 5.74) is 8.85. The van der Waals surface area contributed by atoms with Crippen LogP contribution in [-0.2, 0) is 17.6 Å². The lowest BCUT2D eigenvalue weighted by Crippen LogP contribution is -2.19. The molecule has 4 aliphatic carbocycles. The highest BCUT2D eigenvalue weighted by Crippen LogP contribution is 2.52. The van der Waals surface area contributed by atoms with Crippen LogP contribution in [0.5, 0.6) is 0 Å². The van der Waals surface area contributed by atoms with Gasteiger partial charge in [-0.3, -0.25) is 9.59 Å². The summed E-state index contributed by atoms with van der Waals surface area (Å²) in [6.45, 7) is 0. The summed E-state index contributed by atoms with van der Waals surface area (Å²) < 4.78 is 0. The molecule has 4 aromatic carbocycles. The molecule has 4 aliphatic rings. The van der Waals surface area contributed by atoms with Crippen LogP contribution in [0.15, 0.2) is 97.1 Å². The largest absolute Gasteiger partial charge is 0.392 e. The first-order valence-electron chi connectivity index (χ1n) is 14.3. The maximum absolute atomic E-state index is 12.4. The van der Waals surface area contributed by atoms with Crippen LogP contribution in [0.2, 0.25) is 0 Å². The number of carbonyl (C=O) groups excluding carboxylic acids is 2. The zero-order valence-corrected chi connectivity index (χ0v) is 22.2. The van der Waals surface area contributed by atoms with Crippen molar-refractivity contribution < 1.29 is 19.8 Å². The standard InChI is InChI=1S/C18H18O2.C18H14O2/c2*19-16-10-15(13-7-3-4-8-14(13)16)18-12-6-2-1-5-11(12)9-17(18)20/h1-8,15-20H,9-10H2;1-8,15,18H,9-10H2. The molecule has 0 bridgehead atoms. The zero-order chi connectivity index (χ0) is 27.4. The fourth-order valence-electron chi connectivity index (χ4n) is 7.78. The molecule has 40 heavy (non-hydrogen) atoms. The Morgan fingerprint density at radius 1 is 0.575 bits per heavy atom. The van der Waals surface area contributed by atoms with Gasteiger partial charge in [0, 0.05) is 30.2 Å². The van der Waals surface area contributed by atoms with E-state index in [1.54, 1.807) is 0 Å². The number of rotatable bonds is 2. The molecular weight excluding hydrogens is 496 g/mol. The van der Waals surface area contributed by atoms with E-state index in [1.165, 1.54) is 16.7 Å². The number of aliphatic hydroxyl groups excluding tert-OH is 2. The van der Waals surface area contributed by atoms with E-state index in [4.69, 9.17) is 0 Å². The summed E-state index contributed by atoms with van der Waals surface area (Å²) in [5, 5.41) is 20.8. The Morgan fingerprint density at radius 2 is 1.18 bits per heavy atom. The molecule has 0 spiro atoms. The SMILES string of the molecule is O=C1CC(C2C(=O)Cc3ccccc32)c2ccccc21.OC1CC(C2c3ccccc3CC2O)c2ccccc21. The fraction of sp³-hybridized carbons (Fsp3) is 0.278. The van der Waals surface area contributed by atoms with Gasteiger partial charge in [0.05, 0.1) is 18.1 Å². The van der Waals surface area contributed by atoms with Gasteiger partial charge < -0.3 is 10.2 Å². The third kappa shape index (κ3) is 4.06. The Bertz CT molecular complexity index is 1620. The molecule has 8 rings (SSSR count). The molecule has 2 N–H and O–H groups in total. The Balaban J connectivity index is 0.000000132. The quantitative estimate of drug-likeness (QED) is 0.326. The maximum atomic E-state index is 12.4. The van der Waals surface area contributed by atoms with Gasteiger partial charge in [0.1, 0.15) is 5.78 Å². The highest BCUT2D eigenvalue weighted by atomic mass is 16.3. The second kappa shape index (κ2) is 9.96. The van der Waals surface area contributed by atoms with Gasteiger partial charge in [0.15, 0.2) is 5.78 Å². The van der Waals surface area contributed by atoms with Crippen LogP contribution in [-0.4, -0.2) is 27.9 Å². The molecule has 6 unspecified atom stereocenters. The summed E-state index contributed by atoms with van der Waals surface area (Å²) in [7, 11) is 0. The molecule has 4 heteroatoms. The maximum Gasteiger partial charge on any atom is 0.163 e. The average molecular weight is 529 g/mol. The number of fused-ring (bicyclic) bond motifs is 4. The number of Topliss-reactive ketones (excluding diaryl/α,β-unsaturated/α-hetero) is 2. The van der Waals surface area contributed by atoms with Crippen molar-refractivity contribution in [3.8, 4) is 0 Å². The molecule has 0 amide bonds. The fourth-order valence-corrected chi connectivity index (χ4v) is 7.78. The highest BCUT2D eigenvalue weighted by Gasteiger charge is 2.43. The Morgan fingerprint density at radius 3 is 1.95 bits per heavy atom. The molecule has 0 aromatic heterocycles. The van der Waals surface area contributed by atoms with E-state index in [1.807, 2.05) is 78.9 Å². The second-order valence-electron chi connectivity index (χ2n) is 11.6. The number of ketones is 2. The van der Waals surface area contributed by atoms with Crippen LogP contribution in [0, 0.1) is 0 Å². The number of carbonyl (C=O) groups is 2. The summed E-state index contributed by atoms with van der Waals surface area (Å²) in [4.78, 5) is 24.6. The number of benzene rings is 4. The van der Waals surface area contributed by atoms with Crippen molar-refractivity contribution in [2.75, 3.05) is 0 Å². The molecule has 200 valence electrons. The Hall–Kier alpha value is -3.86. The van der Waals surface area contributed by atoms with Gasteiger partial charge in [-0.05, 0) is 57.7 Å². The topological polar surface area (TPSA) is 74.6 Å². The minimum Gasteiger partial charge on any atom is -0.392 e. The molecular formula is C36H32O4. The van der Waals surface area contributed by atoms with Crippen molar-refractivity contribution in [3.05, 3.63) is 142 Å². The van der Waals surface area contributed by atoms with Crippen molar-refractivity contribution in [2.24, 2.45) is 0 Å². The monoisotopic (exact) mass is 528 g/mol. The van der Waals surface area contributed by atoms with Crippen molar-refractivity contribution >= 4 is 11.6 Å². The number of aliphatic hydroxyl groups is 2. The lowest BCUT2D eigenvalue weighted by atomic mass is 9.82. The average Bonchev–Trinajstić information content (AvgIpc) is 3.69. The van der Waals surface area contributed by atoms with Crippen molar-refractivity contribution in [1.29, 1.82) is 0 Å². The van der Waals surface area contributed by atoms with E-state index in [0.29, 0.717) is 12.8 Å². The molecule has 0 radical (unpaired) electrons. The molecule has 0 aliphatic heterocycles. The smallest absolute Gasteiger partial charge is 0.163 e. The van der Waals surface area contributed by atoms with Crippen molar-refractivity contribution in [1.82, 2.24) is 0 Å². The van der Waals surface area contributed by atoms with Gasteiger partial charge in [0.2, 0.25) is 0 Å². The van der Waals surface area contributed by atoms with Gasteiger partial charge in [-0.15, -0.1) is 0 Å². The second-order valence-corrected chi connectivity index (χ2v) is 11.6. The lowest BCUT2D eigenvalue weighted by Gasteiger charge is -2.24. The van der Waals surface area contributed by atoms with Crippen molar-refractivity contribution in [2.45, 2.75) is 61.6 Å². The first kappa shape index (κ1) is 25.1. The van der Waals surface area contributed by atoms with Crippen LogP contribution in [0.3, 0.4) is 0 Å². The first-order valence-corrected chi connectivity index (χ1v) is 14.3. The van der Waals surface area contributed by atoms with Crippen LogP contribution in [0.4, 0.5) is 0 Å². The normalized spacial score (nSPS) is 27.4. The Kier molecular flexibility index (Phi) is 6.25. The summed E-state index contributed by atoms with van der Waals surface area (Å²) >= 11 is 0. The van der Waals surface area contributed by atoms with E-state index in [9.17, 15) is 19.8 Å². The van der Waals surface area contributed by atoms with E-state index in [-0.39, 0.29) is 41.3 Å².